The Labute approximate surface area is 153 Å². The fourth-order valence-corrected chi connectivity index (χ4v) is 3.49. The predicted molar refractivity (Wildman–Crippen MR) is 95.5 cm³/mol. The van der Waals surface area contributed by atoms with E-state index in [-0.39, 0.29) is 36.3 Å². The number of benzene rings is 1. The highest BCUT2D eigenvalue weighted by Crippen LogP contribution is 2.31. The van der Waals surface area contributed by atoms with Crippen LogP contribution in [-0.4, -0.2) is 33.9 Å². The highest BCUT2D eigenvalue weighted by atomic mass is 32.2. The number of hydrogen-bond donors (Lipinski definition) is 1. The maximum Gasteiger partial charge on any atom is 0.292 e. The van der Waals surface area contributed by atoms with Gasteiger partial charge in [0.1, 0.15) is 18.0 Å². The lowest BCUT2D eigenvalue weighted by molar-refractivity contribution is -0.122. The van der Waals surface area contributed by atoms with Crippen LogP contribution in [0.1, 0.15) is 12.5 Å². The molecule has 1 aliphatic heterocycles. The minimum Gasteiger partial charge on any atom is -0.350 e. The molecule has 0 saturated carbocycles. The fourth-order valence-electron chi connectivity index (χ4n) is 2.60. The molecule has 1 aromatic carbocycles. The Bertz CT molecular complexity index is 898. The van der Waals surface area contributed by atoms with E-state index in [1.165, 1.54) is 35.0 Å². The number of anilines is 1. The maximum atomic E-state index is 12.9. The first kappa shape index (κ1) is 18.1. The van der Waals surface area contributed by atoms with Crippen molar-refractivity contribution in [3.05, 3.63) is 52.2 Å². The second-order valence-electron chi connectivity index (χ2n) is 5.65. The molecule has 0 fully saturated rings. The summed E-state index contributed by atoms with van der Waals surface area (Å²) in [4.78, 5) is 38.8. The van der Waals surface area contributed by atoms with Gasteiger partial charge in [-0.25, -0.2) is 9.07 Å². The average Bonchev–Trinajstić information content (AvgIpc) is 2.64. The summed E-state index contributed by atoms with van der Waals surface area (Å²) in [6.45, 7) is 2.12. The highest BCUT2D eigenvalue weighted by Gasteiger charge is 2.28. The van der Waals surface area contributed by atoms with Crippen LogP contribution < -0.4 is 15.8 Å². The van der Waals surface area contributed by atoms with Gasteiger partial charge in [-0.3, -0.25) is 14.4 Å². The lowest BCUT2D eigenvalue weighted by atomic mass is 10.2. The largest absolute Gasteiger partial charge is 0.350 e. The van der Waals surface area contributed by atoms with E-state index in [1.54, 1.807) is 19.1 Å². The Morgan fingerprint density at radius 2 is 2.04 bits per heavy atom. The molecule has 0 aliphatic carbocycles. The van der Waals surface area contributed by atoms with Gasteiger partial charge >= 0.3 is 0 Å². The van der Waals surface area contributed by atoms with E-state index < -0.39 is 11.5 Å². The van der Waals surface area contributed by atoms with E-state index in [2.05, 4.69) is 10.4 Å². The molecule has 2 amide bonds. The van der Waals surface area contributed by atoms with Crippen LogP contribution in [0.3, 0.4) is 0 Å². The van der Waals surface area contributed by atoms with Crippen molar-refractivity contribution in [3.8, 4) is 0 Å². The number of amides is 2. The van der Waals surface area contributed by atoms with E-state index in [0.29, 0.717) is 11.4 Å². The van der Waals surface area contributed by atoms with Crippen LogP contribution in [-0.2, 0) is 22.7 Å². The van der Waals surface area contributed by atoms with E-state index in [9.17, 15) is 18.8 Å². The van der Waals surface area contributed by atoms with Gasteiger partial charge in [-0.15, -0.1) is 11.8 Å². The van der Waals surface area contributed by atoms with Gasteiger partial charge in [0.25, 0.3) is 5.56 Å². The van der Waals surface area contributed by atoms with E-state index in [4.69, 9.17) is 0 Å². The van der Waals surface area contributed by atoms with Gasteiger partial charge in [-0.2, -0.15) is 5.10 Å². The molecule has 0 saturated heterocycles. The zero-order valence-corrected chi connectivity index (χ0v) is 14.9. The average molecular weight is 376 g/mol. The van der Waals surface area contributed by atoms with E-state index in [0.717, 1.165) is 10.2 Å². The second kappa shape index (κ2) is 7.69. The summed E-state index contributed by atoms with van der Waals surface area (Å²) in [5.74, 6) is -0.621. The normalized spacial score (nSPS) is 13.5. The molecule has 2 heterocycles. The standard InChI is InChI=1S/C17H17FN4O3S/c1-2-21-15(24)10-26-13-8-20-22(17(25)16(13)21)9-14(23)19-7-11-3-5-12(18)6-4-11/h3-6,8H,2,7,9-10H2,1H3,(H,19,23). The lowest BCUT2D eigenvalue weighted by Gasteiger charge is -2.26. The lowest BCUT2D eigenvalue weighted by Crippen LogP contribution is -2.42. The number of aromatic nitrogens is 2. The van der Waals surface area contributed by atoms with Crippen molar-refractivity contribution in [2.24, 2.45) is 0 Å². The monoisotopic (exact) mass is 376 g/mol. The number of fused-ring (bicyclic) bond motifs is 1. The maximum absolute atomic E-state index is 12.9. The van der Waals surface area contributed by atoms with Gasteiger partial charge < -0.3 is 10.2 Å². The van der Waals surface area contributed by atoms with Crippen LogP contribution >= 0.6 is 11.8 Å². The van der Waals surface area contributed by atoms with Gasteiger partial charge in [0.2, 0.25) is 11.8 Å². The summed E-state index contributed by atoms with van der Waals surface area (Å²) < 4.78 is 13.9. The van der Waals surface area contributed by atoms with Crippen molar-refractivity contribution in [3.63, 3.8) is 0 Å². The van der Waals surface area contributed by atoms with Crippen molar-refractivity contribution in [1.29, 1.82) is 0 Å². The Morgan fingerprint density at radius 3 is 2.73 bits per heavy atom. The van der Waals surface area contributed by atoms with E-state index in [1.807, 2.05) is 0 Å². The molecule has 136 valence electrons. The Balaban J connectivity index is 1.73. The van der Waals surface area contributed by atoms with Crippen molar-refractivity contribution >= 4 is 29.3 Å². The molecule has 0 unspecified atom stereocenters. The molecule has 0 radical (unpaired) electrons. The number of carbonyl (C=O) groups excluding carboxylic acids is 2. The molecular weight excluding hydrogens is 359 g/mol. The number of rotatable bonds is 5. The molecule has 0 bridgehead atoms. The minimum atomic E-state index is -0.471. The summed E-state index contributed by atoms with van der Waals surface area (Å²) in [7, 11) is 0. The van der Waals surface area contributed by atoms with Crippen molar-refractivity contribution in [2.45, 2.75) is 24.9 Å². The van der Waals surface area contributed by atoms with Gasteiger partial charge in [0, 0.05) is 13.1 Å². The number of hydrogen-bond acceptors (Lipinski definition) is 5. The van der Waals surface area contributed by atoms with Crippen molar-refractivity contribution in [1.82, 2.24) is 15.1 Å². The molecule has 9 heteroatoms. The topological polar surface area (TPSA) is 84.3 Å². The molecule has 1 aliphatic rings. The van der Waals surface area contributed by atoms with Crippen molar-refractivity contribution < 1.29 is 14.0 Å². The summed E-state index contributed by atoms with van der Waals surface area (Å²) in [6.07, 6.45) is 1.50. The van der Waals surface area contributed by atoms with Crippen LogP contribution in [0, 0.1) is 5.82 Å². The quantitative estimate of drug-likeness (QED) is 0.847. The molecule has 0 atom stereocenters. The third-order valence-corrected chi connectivity index (χ3v) is 4.92. The Hall–Kier alpha value is -2.68. The summed E-state index contributed by atoms with van der Waals surface area (Å²) in [5.41, 5.74) is 0.543. The summed E-state index contributed by atoms with van der Waals surface area (Å²) >= 11 is 1.27. The number of nitrogens with zero attached hydrogens (tertiary/aromatic N) is 3. The first-order chi connectivity index (χ1) is 12.5. The second-order valence-corrected chi connectivity index (χ2v) is 6.67. The molecule has 0 spiro atoms. The van der Waals surface area contributed by atoms with Gasteiger partial charge in [-0.1, -0.05) is 12.1 Å². The third-order valence-electron chi connectivity index (χ3n) is 3.92. The van der Waals surface area contributed by atoms with Crippen LogP contribution in [0.2, 0.25) is 0 Å². The Kier molecular flexibility index (Phi) is 5.36. The first-order valence-corrected chi connectivity index (χ1v) is 9.02. The van der Waals surface area contributed by atoms with Gasteiger partial charge in [-0.05, 0) is 24.6 Å². The highest BCUT2D eigenvalue weighted by molar-refractivity contribution is 8.00. The number of halogens is 1. The number of thioether (sulfide) groups is 1. The number of nitrogens with one attached hydrogen (secondary N) is 1. The predicted octanol–water partition coefficient (Wildman–Crippen LogP) is 1.16. The van der Waals surface area contributed by atoms with Gasteiger partial charge in [0.05, 0.1) is 16.8 Å². The van der Waals surface area contributed by atoms with Crippen LogP contribution in [0.25, 0.3) is 0 Å². The first-order valence-electron chi connectivity index (χ1n) is 8.04. The van der Waals surface area contributed by atoms with Crippen LogP contribution in [0.4, 0.5) is 10.1 Å². The smallest absolute Gasteiger partial charge is 0.292 e. The fraction of sp³-hybridized carbons (Fsp3) is 0.294. The molecule has 1 aromatic heterocycles. The third kappa shape index (κ3) is 3.77. The zero-order valence-electron chi connectivity index (χ0n) is 14.1. The molecule has 2 aromatic rings. The molecule has 1 N–H and O–H groups in total. The molecular formula is C17H17FN4O3S. The minimum absolute atomic E-state index is 0.138. The molecule has 3 rings (SSSR count). The Morgan fingerprint density at radius 1 is 1.31 bits per heavy atom. The number of carbonyl (C=O) groups is 2. The van der Waals surface area contributed by atoms with Crippen LogP contribution in [0.15, 0.2) is 40.2 Å². The molecule has 7 nitrogen and oxygen atoms in total. The van der Waals surface area contributed by atoms with Crippen molar-refractivity contribution in [2.75, 3.05) is 17.2 Å². The van der Waals surface area contributed by atoms with Crippen LogP contribution in [0.5, 0.6) is 0 Å². The van der Waals surface area contributed by atoms with Gasteiger partial charge in [0.15, 0.2) is 0 Å². The summed E-state index contributed by atoms with van der Waals surface area (Å²) in [5, 5.41) is 6.69. The summed E-state index contributed by atoms with van der Waals surface area (Å²) in [6, 6.07) is 5.76. The zero-order chi connectivity index (χ0) is 18.7. The van der Waals surface area contributed by atoms with E-state index >= 15 is 0 Å². The molecule has 26 heavy (non-hydrogen) atoms. The SMILES string of the molecule is CCN1C(=O)CSc2cnn(CC(=O)NCc3ccc(F)cc3)c(=O)c21.